The average Bonchev–Trinajstić information content (AvgIpc) is 2.86. The van der Waals surface area contributed by atoms with E-state index in [1.807, 2.05) is 42.5 Å². The normalized spacial score (nSPS) is 13.1. The van der Waals surface area contributed by atoms with Gasteiger partial charge in [-0.3, -0.25) is 4.99 Å². The first-order valence-electron chi connectivity index (χ1n) is 9.02. The smallest absolute Gasteiger partial charge is 0.169 e. The number of methoxy groups -OCH3 is 1. The predicted molar refractivity (Wildman–Crippen MR) is 118 cm³/mol. The van der Waals surface area contributed by atoms with E-state index in [1.165, 1.54) is 5.56 Å². The zero-order valence-electron chi connectivity index (χ0n) is 15.7. The highest BCUT2D eigenvalue weighted by Crippen LogP contribution is 2.37. The topological polar surface area (TPSA) is 42.9 Å². The monoisotopic (exact) mass is 388 g/mol. The molecule has 0 spiro atoms. The van der Waals surface area contributed by atoms with Gasteiger partial charge in [0.05, 0.1) is 29.2 Å². The minimum Gasteiger partial charge on any atom is -0.493 e. The molecule has 0 atom stereocenters. The van der Waals surface area contributed by atoms with E-state index >= 15 is 0 Å². The van der Waals surface area contributed by atoms with E-state index in [4.69, 9.17) is 26.7 Å². The van der Waals surface area contributed by atoms with Crippen molar-refractivity contribution in [3.63, 3.8) is 0 Å². The molecule has 0 bridgehead atoms. The molecule has 5 heteroatoms. The van der Waals surface area contributed by atoms with Crippen LogP contribution in [0.5, 0.6) is 17.2 Å². The zero-order chi connectivity index (χ0) is 19.5. The van der Waals surface area contributed by atoms with Gasteiger partial charge in [0.1, 0.15) is 5.75 Å². The van der Waals surface area contributed by atoms with E-state index in [9.17, 15) is 0 Å². The molecule has 4 nitrogen and oxygen atoms in total. The molecule has 4 rings (SSSR count). The lowest BCUT2D eigenvalue weighted by Crippen LogP contribution is -2.12. The summed E-state index contributed by atoms with van der Waals surface area (Å²) < 4.78 is 11.4. The molecule has 1 N–H and O–H groups in total. The molecule has 0 unspecified atom stereocenters. The Bertz CT molecular complexity index is 1060. The number of nitrogens with zero attached hydrogens (tertiary/aromatic N) is 1. The molecule has 140 valence electrons. The standard InChI is InChI=1S/C23H20N2O2S/c1-15-7-9-16(10-8-15)19-14-23(28)25-18-12-11-17(13-20(18)24-19)27-22-6-4-3-5-21(22)26-2/h3-13H,14H2,1-2H3,(H,25,28). The molecule has 0 saturated heterocycles. The Morgan fingerprint density at radius 3 is 2.46 bits per heavy atom. The Kier molecular flexibility index (Phi) is 5.08. The fraction of sp³-hybridized carbons (Fsp3) is 0.130. The predicted octanol–water partition coefficient (Wildman–Crippen LogP) is 6.06. The summed E-state index contributed by atoms with van der Waals surface area (Å²) >= 11 is 5.50. The molecule has 0 aliphatic carbocycles. The Labute approximate surface area is 169 Å². The van der Waals surface area contributed by atoms with Crippen molar-refractivity contribution in [1.29, 1.82) is 0 Å². The van der Waals surface area contributed by atoms with Crippen LogP contribution in [0.3, 0.4) is 0 Å². The van der Waals surface area contributed by atoms with Crippen molar-refractivity contribution in [2.45, 2.75) is 13.3 Å². The van der Waals surface area contributed by atoms with Gasteiger partial charge in [-0.25, -0.2) is 0 Å². The maximum absolute atomic E-state index is 6.04. The first-order chi connectivity index (χ1) is 13.6. The Balaban J connectivity index is 1.71. The van der Waals surface area contributed by atoms with E-state index in [0.717, 1.165) is 27.6 Å². The van der Waals surface area contributed by atoms with Gasteiger partial charge in [0.2, 0.25) is 0 Å². The zero-order valence-corrected chi connectivity index (χ0v) is 16.5. The van der Waals surface area contributed by atoms with Crippen LogP contribution in [0.1, 0.15) is 17.5 Å². The van der Waals surface area contributed by atoms with Gasteiger partial charge in [0.25, 0.3) is 0 Å². The number of benzene rings is 3. The third-order valence-electron chi connectivity index (χ3n) is 4.51. The van der Waals surface area contributed by atoms with Gasteiger partial charge in [0.15, 0.2) is 11.5 Å². The van der Waals surface area contributed by atoms with Crippen molar-refractivity contribution >= 4 is 34.3 Å². The van der Waals surface area contributed by atoms with Crippen LogP contribution >= 0.6 is 12.2 Å². The van der Waals surface area contributed by atoms with E-state index in [2.05, 4.69) is 36.5 Å². The van der Waals surface area contributed by atoms with Gasteiger partial charge >= 0.3 is 0 Å². The number of hydrogen-bond donors (Lipinski definition) is 1. The molecular weight excluding hydrogens is 368 g/mol. The van der Waals surface area contributed by atoms with Gasteiger partial charge in [-0.15, -0.1) is 0 Å². The first kappa shape index (κ1) is 18.2. The van der Waals surface area contributed by atoms with Crippen LogP contribution in [0, 0.1) is 6.92 Å². The number of ether oxygens (including phenoxy) is 2. The van der Waals surface area contributed by atoms with Crippen LogP contribution in [-0.2, 0) is 0 Å². The quantitative estimate of drug-likeness (QED) is 0.552. The number of aliphatic imine (C=N–C) groups is 1. The molecule has 28 heavy (non-hydrogen) atoms. The van der Waals surface area contributed by atoms with Crippen molar-refractivity contribution in [1.82, 2.24) is 0 Å². The molecule has 0 amide bonds. The number of para-hydroxylation sites is 2. The summed E-state index contributed by atoms with van der Waals surface area (Å²) in [6, 6.07) is 21.6. The summed E-state index contributed by atoms with van der Waals surface area (Å²) in [7, 11) is 1.63. The molecule has 3 aromatic rings. The second-order valence-electron chi connectivity index (χ2n) is 6.58. The number of thiocarbonyl (C=S) groups is 1. The van der Waals surface area contributed by atoms with Gasteiger partial charge in [-0.05, 0) is 36.8 Å². The number of anilines is 1. The van der Waals surface area contributed by atoms with E-state index in [0.29, 0.717) is 23.7 Å². The molecule has 3 aromatic carbocycles. The van der Waals surface area contributed by atoms with Crippen molar-refractivity contribution in [3.8, 4) is 17.2 Å². The van der Waals surface area contributed by atoms with E-state index < -0.39 is 0 Å². The fourth-order valence-corrected chi connectivity index (χ4v) is 3.29. The summed E-state index contributed by atoms with van der Waals surface area (Å²) in [6.07, 6.45) is 0.593. The number of hydrogen-bond acceptors (Lipinski definition) is 4. The first-order valence-corrected chi connectivity index (χ1v) is 9.42. The Hall–Kier alpha value is -3.18. The fourth-order valence-electron chi connectivity index (χ4n) is 3.05. The van der Waals surface area contributed by atoms with Gasteiger partial charge in [0, 0.05) is 12.5 Å². The second-order valence-corrected chi connectivity index (χ2v) is 7.07. The van der Waals surface area contributed by atoms with Crippen molar-refractivity contribution in [2.75, 3.05) is 12.4 Å². The lowest BCUT2D eigenvalue weighted by Gasteiger charge is -2.12. The molecule has 0 radical (unpaired) electrons. The average molecular weight is 388 g/mol. The van der Waals surface area contributed by atoms with Crippen LogP contribution in [0.4, 0.5) is 11.4 Å². The molecule has 0 aromatic heterocycles. The molecular formula is C23H20N2O2S. The van der Waals surface area contributed by atoms with E-state index in [-0.39, 0.29) is 0 Å². The highest BCUT2D eigenvalue weighted by atomic mass is 32.1. The third-order valence-corrected chi connectivity index (χ3v) is 4.75. The molecule has 1 aliphatic rings. The van der Waals surface area contributed by atoms with Crippen molar-refractivity contribution < 1.29 is 9.47 Å². The van der Waals surface area contributed by atoms with Gasteiger partial charge < -0.3 is 14.8 Å². The summed E-state index contributed by atoms with van der Waals surface area (Å²) in [6.45, 7) is 2.07. The van der Waals surface area contributed by atoms with E-state index in [1.54, 1.807) is 7.11 Å². The van der Waals surface area contributed by atoms with Gasteiger partial charge in [-0.1, -0.05) is 54.2 Å². The number of fused-ring (bicyclic) bond motifs is 1. The lowest BCUT2D eigenvalue weighted by molar-refractivity contribution is 0.379. The summed E-state index contributed by atoms with van der Waals surface area (Å²) in [4.78, 5) is 5.64. The molecule has 0 fully saturated rings. The lowest BCUT2D eigenvalue weighted by atomic mass is 10.1. The Morgan fingerprint density at radius 1 is 0.964 bits per heavy atom. The maximum atomic E-state index is 6.04. The SMILES string of the molecule is COc1ccccc1Oc1ccc2c(c1)N=C(c1ccc(C)cc1)CC(=S)N2. The number of rotatable bonds is 4. The molecule has 1 aliphatic heterocycles. The van der Waals surface area contributed by atoms with Crippen LogP contribution in [0.2, 0.25) is 0 Å². The minimum atomic E-state index is 0.593. The van der Waals surface area contributed by atoms with Crippen molar-refractivity contribution in [2.24, 2.45) is 4.99 Å². The van der Waals surface area contributed by atoms with Crippen LogP contribution in [0.25, 0.3) is 0 Å². The molecule has 0 saturated carbocycles. The molecule has 1 heterocycles. The minimum absolute atomic E-state index is 0.593. The van der Waals surface area contributed by atoms with Crippen molar-refractivity contribution in [3.05, 3.63) is 77.9 Å². The van der Waals surface area contributed by atoms with Gasteiger partial charge in [-0.2, -0.15) is 0 Å². The maximum Gasteiger partial charge on any atom is 0.169 e. The number of aryl methyl sites for hydroxylation is 1. The highest BCUT2D eigenvalue weighted by molar-refractivity contribution is 7.80. The summed E-state index contributed by atoms with van der Waals surface area (Å²) in [5.74, 6) is 2.02. The van der Waals surface area contributed by atoms with Crippen LogP contribution in [-0.4, -0.2) is 17.8 Å². The summed E-state index contributed by atoms with van der Waals surface area (Å²) in [5, 5.41) is 3.28. The largest absolute Gasteiger partial charge is 0.493 e. The highest BCUT2D eigenvalue weighted by Gasteiger charge is 2.16. The number of nitrogens with one attached hydrogen (secondary N) is 1. The van der Waals surface area contributed by atoms with Crippen LogP contribution in [0.15, 0.2) is 71.7 Å². The third kappa shape index (κ3) is 3.89. The second kappa shape index (κ2) is 7.82. The summed E-state index contributed by atoms with van der Waals surface area (Å²) in [5.41, 5.74) is 4.89. The Morgan fingerprint density at radius 2 is 1.71 bits per heavy atom. The van der Waals surface area contributed by atoms with Crippen LogP contribution < -0.4 is 14.8 Å².